The lowest BCUT2D eigenvalue weighted by Gasteiger charge is -2.13. The average Bonchev–Trinajstić information content (AvgIpc) is 3.39. The number of unbranched alkanes of at least 4 members (excludes halogenated alkanes) is 1. The molecule has 0 unspecified atom stereocenters. The monoisotopic (exact) mass is 433 g/mol. The second-order valence-corrected chi connectivity index (χ2v) is 8.32. The molecule has 2 aromatic carbocycles. The first-order chi connectivity index (χ1) is 15.0. The number of hydrogen-bond donors (Lipinski definition) is 1. The topological polar surface area (TPSA) is 79.4 Å². The van der Waals surface area contributed by atoms with E-state index in [9.17, 15) is 14.4 Å². The number of carbonyl (C=O) groups excluding carboxylic acids is 3. The summed E-state index contributed by atoms with van der Waals surface area (Å²) in [6.45, 7) is 2.18. The second-order valence-electron chi connectivity index (χ2n) is 7.46. The first-order valence-corrected chi connectivity index (χ1v) is 11.2. The molecule has 0 atom stereocenters. The third kappa shape index (κ3) is 4.72. The molecule has 3 amide bonds. The maximum absolute atomic E-state index is 12.6. The van der Waals surface area contributed by atoms with Crippen LogP contribution in [0.5, 0.6) is 0 Å². The maximum atomic E-state index is 12.6. The predicted molar refractivity (Wildman–Crippen MR) is 122 cm³/mol. The Morgan fingerprint density at radius 3 is 2.35 bits per heavy atom. The zero-order chi connectivity index (χ0) is 21.8. The summed E-state index contributed by atoms with van der Waals surface area (Å²) >= 11 is 1.37. The molecule has 1 aliphatic rings. The average molecular weight is 434 g/mol. The Balaban J connectivity index is 1.41. The first kappa shape index (κ1) is 20.9. The first-order valence-electron chi connectivity index (χ1n) is 10.4. The number of rotatable bonds is 7. The number of thiazole rings is 1. The van der Waals surface area contributed by atoms with Gasteiger partial charge >= 0.3 is 0 Å². The zero-order valence-corrected chi connectivity index (χ0v) is 18.1. The van der Waals surface area contributed by atoms with E-state index in [1.54, 1.807) is 24.3 Å². The highest BCUT2D eigenvalue weighted by atomic mass is 32.1. The molecule has 1 aromatic heterocycles. The number of nitrogens with one attached hydrogen (secondary N) is 1. The molecule has 2 heterocycles. The number of hydrogen-bond acceptors (Lipinski definition) is 5. The number of aromatic nitrogens is 1. The molecule has 0 bridgehead atoms. The van der Waals surface area contributed by atoms with Crippen molar-refractivity contribution >= 4 is 39.9 Å². The molecule has 31 heavy (non-hydrogen) atoms. The summed E-state index contributed by atoms with van der Waals surface area (Å²) in [5.41, 5.74) is 4.07. The van der Waals surface area contributed by atoms with Crippen LogP contribution in [0.1, 0.15) is 48.5 Å². The fourth-order valence-electron chi connectivity index (χ4n) is 3.48. The van der Waals surface area contributed by atoms with E-state index in [0.717, 1.165) is 17.7 Å². The summed E-state index contributed by atoms with van der Waals surface area (Å²) in [4.78, 5) is 42.0. The Morgan fingerprint density at radius 2 is 1.71 bits per heavy atom. The lowest BCUT2D eigenvalue weighted by Crippen LogP contribution is -2.28. The Morgan fingerprint density at radius 1 is 1.03 bits per heavy atom. The van der Waals surface area contributed by atoms with E-state index < -0.39 is 0 Å². The number of anilines is 2. The van der Waals surface area contributed by atoms with Crippen molar-refractivity contribution < 1.29 is 14.4 Å². The number of amides is 3. The Kier molecular flexibility index (Phi) is 6.23. The van der Waals surface area contributed by atoms with Crippen LogP contribution in [-0.4, -0.2) is 22.7 Å². The van der Waals surface area contributed by atoms with Crippen molar-refractivity contribution in [2.24, 2.45) is 0 Å². The van der Waals surface area contributed by atoms with Crippen molar-refractivity contribution in [2.75, 3.05) is 10.2 Å². The molecular weight excluding hydrogens is 410 g/mol. The number of nitrogens with zero attached hydrogens (tertiary/aromatic N) is 2. The highest BCUT2D eigenvalue weighted by Gasteiger charge is 2.30. The molecule has 1 saturated heterocycles. The number of imide groups is 1. The highest BCUT2D eigenvalue weighted by Crippen LogP contribution is 2.27. The quantitative estimate of drug-likeness (QED) is 0.528. The van der Waals surface area contributed by atoms with Crippen LogP contribution in [0.4, 0.5) is 10.8 Å². The second kappa shape index (κ2) is 9.22. The standard InChI is InChI=1S/C24H23N3O3S/c1-2-3-4-16-5-7-17(8-6-16)20-15-31-24(25-20)26-23(30)18-9-11-19(12-10-18)27-21(28)13-14-22(27)29/h5-12,15H,2-4,13-14H2,1H3,(H,25,26,30). The molecule has 6 nitrogen and oxygen atoms in total. The Labute approximate surface area is 184 Å². The summed E-state index contributed by atoms with van der Waals surface area (Å²) in [5, 5.41) is 5.25. The zero-order valence-electron chi connectivity index (χ0n) is 17.3. The van der Waals surface area contributed by atoms with Crippen LogP contribution in [0.3, 0.4) is 0 Å². The number of carbonyl (C=O) groups is 3. The van der Waals surface area contributed by atoms with Crippen LogP contribution >= 0.6 is 11.3 Å². The molecule has 0 aliphatic carbocycles. The summed E-state index contributed by atoms with van der Waals surface area (Å²) < 4.78 is 0. The molecule has 0 radical (unpaired) electrons. The van der Waals surface area contributed by atoms with Gasteiger partial charge in [-0.3, -0.25) is 24.6 Å². The normalized spacial score (nSPS) is 13.6. The van der Waals surface area contributed by atoms with Crippen LogP contribution < -0.4 is 10.2 Å². The number of benzene rings is 2. The van der Waals surface area contributed by atoms with Crippen molar-refractivity contribution in [3.05, 3.63) is 65.0 Å². The fraction of sp³-hybridized carbons (Fsp3) is 0.250. The molecule has 1 N–H and O–H groups in total. The number of aryl methyl sites for hydroxylation is 1. The van der Waals surface area contributed by atoms with E-state index in [2.05, 4.69) is 41.5 Å². The van der Waals surface area contributed by atoms with Crippen molar-refractivity contribution in [1.82, 2.24) is 4.98 Å². The summed E-state index contributed by atoms with van der Waals surface area (Å²) in [6, 6.07) is 14.8. The van der Waals surface area contributed by atoms with Gasteiger partial charge in [0.1, 0.15) is 0 Å². The lowest BCUT2D eigenvalue weighted by molar-refractivity contribution is -0.121. The van der Waals surface area contributed by atoms with E-state index in [4.69, 9.17) is 0 Å². The molecule has 0 spiro atoms. The molecule has 1 aliphatic heterocycles. The molecule has 3 aromatic rings. The smallest absolute Gasteiger partial charge is 0.257 e. The van der Waals surface area contributed by atoms with Crippen molar-refractivity contribution in [3.8, 4) is 11.3 Å². The summed E-state index contributed by atoms with van der Waals surface area (Å²) in [5.74, 6) is -0.715. The van der Waals surface area contributed by atoms with Gasteiger partial charge in [-0.15, -0.1) is 11.3 Å². The van der Waals surface area contributed by atoms with Gasteiger partial charge in [0.2, 0.25) is 11.8 Å². The van der Waals surface area contributed by atoms with Gasteiger partial charge in [0.25, 0.3) is 5.91 Å². The van der Waals surface area contributed by atoms with Gasteiger partial charge < -0.3 is 0 Å². The molecule has 0 saturated carbocycles. The molecular formula is C24H23N3O3S. The van der Waals surface area contributed by atoms with Crippen molar-refractivity contribution in [2.45, 2.75) is 39.0 Å². The van der Waals surface area contributed by atoms with Gasteiger partial charge in [0.05, 0.1) is 11.4 Å². The summed E-state index contributed by atoms with van der Waals surface area (Å²) in [6.07, 6.45) is 3.89. The van der Waals surface area contributed by atoms with Crippen LogP contribution in [0.25, 0.3) is 11.3 Å². The van der Waals surface area contributed by atoms with Gasteiger partial charge in [0, 0.05) is 29.3 Å². The predicted octanol–water partition coefficient (Wildman–Crippen LogP) is 5.06. The minimum atomic E-state index is -0.290. The van der Waals surface area contributed by atoms with Crippen LogP contribution in [0.15, 0.2) is 53.9 Å². The van der Waals surface area contributed by atoms with Crippen LogP contribution in [-0.2, 0) is 16.0 Å². The van der Waals surface area contributed by atoms with Crippen molar-refractivity contribution in [1.29, 1.82) is 0 Å². The van der Waals surface area contributed by atoms with Gasteiger partial charge in [-0.05, 0) is 42.7 Å². The third-order valence-corrected chi connectivity index (χ3v) is 5.99. The largest absolute Gasteiger partial charge is 0.298 e. The molecule has 7 heteroatoms. The van der Waals surface area contributed by atoms with Crippen LogP contribution in [0.2, 0.25) is 0 Å². The Hall–Kier alpha value is -3.32. The van der Waals surface area contributed by atoms with Gasteiger partial charge in [-0.2, -0.15) is 0 Å². The van der Waals surface area contributed by atoms with Crippen molar-refractivity contribution in [3.63, 3.8) is 0 Å². The minimum absolute atomic E-state index is 0.212. The summed E-state index contributed by atoms with van der Waals surface area (Å²) in [7, 11) is 0. The lowest BCUT2D eigenvalue weighted by atomic mass is 10.1. The molecule has 4 rings (SSSR count). The fourth-order valence-corrected chi connectivity index (χ4v) is 4.20. The van der Waals surface area contributed by atoms with E-state index in [0.29, 0.717) is 16.4 Å². The van der Waals surface area contributed by atoms with Crippen LogP contribution in [0, 0.1) is 0 Å². The Bertz CT molecular complexity index is 1090. The maximum Gasteiger partial charge on any atom is 0.257 e. The van der Waals surface area contributed by atoms with E-state index in [1.165, 1.54) is 34.6 Å². The van der Waals surface area contributed by atoms with Gasteiger partial charge in [0.15, 0.2) is 5.13 Å². The van der Waals surface area contributed by atoms with Gasteiger partial charge in [-0.25, -0.2) is 4.98 Å². The van der Waals surface area contributed by atoms with E-state index in [1.807, 2.05) is 5.38 Å². The molecule has 1 fully saturated rings. The SMILES string of the molecule is CCCCc1ccc(-c2csc(NC(=O)c3ccc(N4C(=O)CCC4=O)cc3)n2)cc1. The van der Waals surface area contributed by atoms with Gasteiger partial charge in [-0.1, -0.05) is 37.6 Å². The minimum Gasteiger partial charge on any atom is -0.298 e. The molecule has 158 valence electrons. The highest BCUT2D eigenvalue weighted by molar-refractivity contribution is 7.14. The third-order valence-electron chi connectivity index (χ3n) is 5.23. The van der Waals surface area contributed by atoms with E-state index >= 15 is 0 Å². The van der Waals surface area contributed by atoms with E-state index in [-0.39, 0.29) is 30.6 Å².